The maximum atomic E-state index is 6.37. The van der Waals surface area contributed by atoms with Gasteiger partial charge >= 0.3 is 0 Å². The first kappa shape index (κ1) is 32.9. The van der Waals surface area contributed by atoms with Crippen LogP contribution < -0.4 is 5.84 Å². The van der Waals surface area contributed by atoms with E-state index in [-0.39, 0.29) is 0 Å². The van der Waals surface area contributed by atoms with Crippen LogP contribution in [0.15, 0.2) is 182 Å². The number of aromatic nitrogens is 2. The molecule has 0 spiro atoms. The monoisotopic (exact) mass is 637 g/mol. The van der Waals surface area contributed by atoms with Crippen molar-refractivity contribution < 1.29 is 0 Å². The highest BCUT2D eigenvalue weighted by Crippen LogP contribution is 2.36. The Morgan fingerprint density at radius 1 is 0.592 bits per heavy atom. The summed E-state index contributed by atoms with van der Waals surface area (Å²) in [5, 5.41) is 4.88. The smallest absolute Gasteiger partial charge is 0.0704 e. The van der Waals surface area contributed by atoms with Gasteiger partial charge in [-0.25, -0.2) is 0 Å². The number of nitrogens with two attached hydrogens (primary N) is 1. The summed E-state index contributed by atoms with van der Waals surface area (Å²) in [7, 11) is 0. The Labute approximate surface area is 289 Å². The summed E-state index contributed by atoms with van der Waals surface area (Å²) in [5.74, 6) is 6.37. The highest BCUT2D eigenvalue weighted by Gasteiger charge is 2.14. The zero-order chi connectivity index (χ0) is 34.2. The number of hydrogen-bond acceptors (Lipinski definition) is 1. The molecule has 2 N–H and O–H groups in total. The summed E-state index contributed by atoms with van der Waals surface area (Å²) in [6.45, 7) is 9.73. The minimum atomic E-state index is 0.989. The molecule has 0 saturated carbocycles. The van der Waals surface area contributed by atoms with Crippen LogP contribution in [0.3, 0.4) is 0 Å². The van der Waals surface area contributed by atoms with Gasteiger partial charge in [-0.3, -0.25) is 4.68 Å². The molecule has 0 radical (unpaired) electrons. The third-order valence-electron chi connectivity index (χ3n) is 8.69. The molecule has 0 aliphatic rings. The number of benzene rings is 6. The lowest BCUT2D eigenvalue weighted by atomic mass is 10.0. The summed E-state index contributed by atoms with van der Waals surface area (Å²) >= 11 is 0. The van der Waals surface area contributed by atoms with Crippen LogP contribution in [-0.4, -0.2) is 9.24 Å². The molecule has 0 aliphatic carbocycles. The fraction of sp³-hybridized carbons (Fsp3) is 0.0870. The van der Waals surface area contributed by atoms with Crippen molar-refractivity contribution in [2.45, 2.75) is 27.2 Å². The molecule has 0 aliphatic heterocycles. The summed E-state index contributed by atoms with van der Waals surface area (Å²) in [5.41, 5.74) is 10.7. The molecule has 6 aromatic carbocycles. The van der Waals surface area contributed by atoms with Crippen molar-refractivity contribution in [3.8, 4) is 16.8 Å². The maximum absolute atomic E-state index is 6.37. The number of para-hydroxylation sites is 3. The third-order valence-corrected chi connectivity index (χ3v) is 8.69. The molecule has 3 heteroatoms. The van der Waals surface area contributed by atoms with E-state index in [0.29, 0.717) is 0 Å². The molecule has 0 bridgehead atoms. The lowest BCUT2D eigenvalue weighted by Gasteiger charge is -2.08. The number of fused-ring (bicyclic) bond motifs is 6. The van der Waals surface area contributed by atoms with Gasteiger partial charge in [-0.05, 0) is 78.6 Å². The van der Waals surface area contributed by atoms with Crippen molar-refractivity contribution in [2.24, 2.45) is 0 Å². The van der Waals surface area contributed by atoms with Crippen LogP contribution in [-0.2, 0) is 6.42 Å². The lowest BCUT2D eigenvalue weighted by molar-refractivity contribution is 1.12. The average molecular weight is 638 g/mol. The first-order chi connectivity index (χ1) is 24.1. The van der Waals surface area contributed by atoms with E-state index < -0.39 is 0 Å². The molecule has 49 heavy (non-hydrogen) atoms. The quantitative estimate of drug-likeness (QED) is 0.143. The molecule has 0 unspecified atom stereocenters. The normalized spacial score (nSPS) is 11.4. The molecule has 3 nitrogen and oxygen atoms in total. The van der Waals surface area contributed by atoms with Gasteiger partial charge in [-0.2, -0.15) is 0 Å². The average Bonchev–Trinajstić information content (AvgIpc) is 3.65. The third kappa shape index (κ3) is 6.83. The van der Waals surface area contributed by atoms with Crippen LogP contribution in [0.2, 0.25) is 0 Å². The lowest BCUT2D eigenvalue weighted by Crippen LogP contribution is -2.06. The molecule has 8 aromatic rings. The van der Waals surface area contributed by atoms with Crippen LogP contribution in [0.1, 0.15) is 26.3 Å². The molecular weight excluding hydrogens is 595 g/mol. The highest BCUT2D eigenvalue weighted by atomic mass is 15.3. The Morgan fingerprint density at radius 2 is 1.08 bits per heavy atom. The Kier molecular flexibility index (Phi) is 10.2. The summed E-state index contributed by atoms with van der Waals surface area (Å²) in [6.07, 6.45) is 9.09. The topological polar surface area (TPSA) is 35.9 Å². The fourth-order valence-corrected chi connectivity index (χ4v) is 6.43. The van der Waals surface area contributed by atoms with E-state index in [2.05, 4.69) is 164 Å². The van der Waals surface area contributed by atoms with Gasteiger partial charge in [0.2, 0.25) is 0 Å². The van der Waals surface area contributed by atoms with E-state index in [1.807, 2.05) is 38.1 Å². The van der Waals surface area contributed by atoms with Crippen LogP contribution in [0.5, 0.6) is 0 Å². The van der Waals surface area contributed by atoms with Crippen molar-refractivity contribution in [2.75, 3.05) is 5.84 Å². The molecule has 2 heterocycles. The predicted molar refractivity (Wildman–Crippen MR) is 214 cm³/mol. The second-order valence-corrected chi connectivity index (χ2v) is 11.8. The predicted octanol–water partition coefficient (Wildman–Crippen LogP) is 12.2. The van der Waals surface area contributed by atoms with Gasteiger partial charge in [0.25, 0.3) is 0 Å². The molecule has 0 atom stereocenters. The van der Waals surface area contributed by atoms with Gasteiger partial charge < -0.3 is 10.4 Å². The van der Waals surface area contributed by atoms with Gasteiger partial charge in [0.1, 0.15) is 0 Å². The van der Waals surface area contributed by atoms with E-state index in [1.165, 1.54) is 60.5 Å². The van der Waals surface area contributed by atoms with Crippen LogP contribution in [0, 0.1) is 0 Å². The van der Waals surface area contributed by atoms with Gasteiger partial charge in [0.05, 0.1) is 22.1 Å². The van der Waals surface area contributed by atoms with Crippen molar-refractivity contribution in [3.63, 3.8) is 0 Å². The first-order valence-electron chi connectivity index (χ1n) is 17.0. The van der Waals surface area contributed by atoms with Gasteiger partial charge in [-0.15, -0.1) is 0 Å². The van der Waals surface area contributed by atoms with Gasteiger partial charge in [-0.1, -0.05) is 147 Å². The summed E-state index contributed by atoms with van der Waals surface area (Å²) in [6, 6.07) is 51.3. The molecule has 0 amide bonds. The number of nitrogens with zero attached hydrogens (tertiary/aromatic N) is 2. The van der Waals surface area contributed by atoms with Gasteiger partial charge in [0, 0.05) is 27.2 Å². The second-order valence-electron chi connectivity index (χ2n) is 11.8. The van der Waals surface area contributed by atoms with Crippen molar-refractivity contribution in [1.29, 1.82) is 0 Å². The standard InChI is InChI=1S/C30H21N3.C14H16.C2H6/c31-33-29-13-7-5-11-24(29)26-19-21(15-17-30(26)33)20-14-16-28-25(18-20)23-10-4-6-12-27(23)32(28)22-8-2-1-3-9-22;1-3-8-13(2)9-7-12-14-10-5-4-6-11-14;1-2/h1-19H,31H2;3-11H,1,12H2,2H3;1-2H3/b;9-7-,13-8+;. The minimum Gasteiger partial charge on any atom is -0.339 e. The highest BCUT2D eigenvalue weighted by molar-refractivity contribution is 6.12. The number of hydrogen-bond donors (Lipinski definition) is 1. The number of rotatable bonds is 6. The molecule has 0 saturated heterocycles. The zero-order valence-electron chi connectivity index (χ0n) is 28.6. The Morgan fingerprint density at radius 3 is 1.73 bits per heavy atom. The van der Waals surface area contributed by atoms with E-state index in [9.17, 15) is 0 Å². The summed E-state index contributed by atoms with van der Waals surface area (Å²) < 4.78 is 4.13. The summed E-state index contributed by atoms with van der Waals surface area (Å²) in [4.78, 5) is 0. The number of allylic oxidation sites excluding steroid dienone is 5. The van der Waals surface area contributed by atoms with Crippen molar-refractivity contribution in [1.82, 2.24) is 9.24 Å². The molecule has 242 valence electrons. The maximum Gasteiger partial charge on any atom is 0.0704 e. The van der Waals surface area contributed by atoms with Crippen molar-refractivity contribution in [3.05, 3.63) is 188 Å². The Bertz CT molecular complexity index is 2400. The minimum absolute atomic E-state index is 0.989. The Hall–Kier alpha value is -6.06. The van der Waals surface area contributed by atoms with E-state index >= 15 is 0 Å². The fourth-order valence-electron chi connectivity index (χ4n) is 6.43. The number of nitrogen functional groups attached to an aromatic ring is 1. The molecule has 8 rings (SSSR count). The van der Waals surface area contributed by atoms with Crippen molar-refractivity contribution >= 4 is 43.6 Å². The zero-order valence-corrected chi connectivity index (χ0v) is 28.6. The molecule has 2 aromatic heterocycles. The van der Waals surface area contributed by atoms with Crippen LogP contribution in [0.25, 0.3) is 60.4 Å². The largest absolute Gasteiger partial charge is 0.339 e. The molecule has 0 fully saturated rings. The van der Waals surface area contributed by atoms with E-state index in [0.717, 1.165) is 17.5 Å². The van der Waals surface area contributed by atoms with E-state index in [1.54, 1.807) is 4.68 Å². The van der Waals surface area contributed by atoms with Gasteiger partial charge in [0.15, 0.2) is 0 Å². The Balaban J connectivity index is 0.000000221. The van der Waals surface area contributed by atoms with Crippen LogP contribution >= 0.6 is 0 Å². The first-order valence-corrected chi connectivity index (χ1v) is 17.0. The second kappa shape index (κ2) is 15.2. The SMILES string of the molecule is C=C/C=C(C)/C=C\Cc1ccccc1.CC.Nn1c2ccccc2c2cc(-c3ccc4c(c3)c3ccccc3n4-c3ccccc3)ccc21. The molecular formula is C46H43N3. The van der Waals surface area contributed by atoms with Crippen LogP contribution in [0.4, 0.5) is 0 Å². The van der Waals surface area contributed by atoms with E-state index in [4.69, 9.17) is 5.84 Å².